The molecule has 1 aromatic carbocycles. The summed E-state index contributed by atoms with van der Waals surface area (Å²) in [6.07, 6.45) is -1.41. The molecule has 3 amide bonds. The van der Waals surface area contributed by atoms with Gasteiger partial charge < -0.3 is 15.2 Å². The van der Waals surface area contributed by atoms with E-state index in [1.807, 2.05) is 0 Å². The quantitative estimate of drug-likeness (QED) is 0.565. The van der Waals surface area contributed by atoms with Gasteiger partial charge in [-0.1, -0.05) is 0 Å². The van der Waals surface area contributed by atoms with Gasteiger partial charge in [-0.3, -0.25) is 10.1 Å². The highest BCUT2D eigenvalue weighted by molar-refractivity contribution is 6.07. The van der Waals surface area contributed by atoms with E-state index in [-0.39, 0.29) is 17.7 Å². The molecular formula is C11H9FN2O4. The number of carbonyl (C=O) groups excluding carboxylic acids is 2. The van der Waals surface area contributed by atoms with Crippen LogP contribution in [0.3, 0.4) is 0 Å². The second-order valence-electron chi connectivity index (χ2n) is 4.23. The van der Waals surface area contributed by atoms with E-state index >= 15 is 0 Å². The summed E-state index contributed by atoms with van der Waals surface area (Å²) in [5.74, 6) is -1.00. The van der Waals surface area contributed by atoms with Gasteiger partial charge in [0.2, 0.25) is 6.29 Å². The third-order valence-electron chi connectivity index (χ3n) is 3.09. The number of aliphatic hydroxyl groups is 1. The molecule has 94 valence electrons. The second-order valence-corrected chi connectivity index (χ2v) is 4.23. The van der Waals surface area contributed by atoms with Crippen molar-refractivity contribution in [3.05, 3.63) is 29.6 Å². The zero-order chi connectivity index (χ0) is 12.9. The van der Waals surface area contributed by atoms with E-state index in [2.05, 4.69) is 10.6 Å². The van der Waals surface area contributed by atoms with Crippen molar-refractivity contribution in [2.75, 3.05) is 0 Å². The molecule has 6 nitrogen and oxygen atoms in total. The number of urea groups is 1. The van der Waals surface area contributed by atoms with Crippen LogP contribution >= 0.6 is 0 Å². The van der Waals surface area contributed by atoms with Crippen molar-refractivity contribution >= 4 is 11.9 Å². The first-order valence-corrected chi connectivity index (χ1v) is 5.30. The number of fused-ring (bicyclic) bond motifs is 2. The van der Waals surface area contributed by atoms with Crippen molar-refractivity contribution in [3.63, 3.8) is 0 Å². The first kappa shape index (κ1) is 11.0. The van der Waals surface area contributed by atoms with Gasteiger partial charge in [0.05, 0.1) is 0 Å². The number of aliphatic hydroxyl groups excluding tert-OH is 1. The molecule has 1 aromatic rings. The summed E-state index contributed by atoms with van der Waals surface area (Å²) >= 11 is 0. The van der Waals surface area contributed by atoms with Crippen molar-refractivity contribution in [1.29, 1.82) is 0 Å². The first-order chi connectivity index (χ1) is 8.51. The molecule has 1 fully saturated rings. The van der Waals surface area contributed by atoms with Crippen LogP contribution in [0.15, 0.2) is 18.2 Å². The van der Waals surface area contributed by atoms with Gasteiger partial charge in [0.25, 0.3) is 5.91 Å². The fourth-order valence-corrected chi connectivity index (χ4v) is 2.32. The highest BCUT2D eigenvalue weighted by atomic mass is 19.1. The number of carbonyl (C=O) groups is 2. The van der Waals surface area contributed by atoms with Crippen molar-refractivity contribution < 1.29 is 23.8 Å². The SMILES string of the molecule is O=C1NC(=O)C2(CC(O)Oc3ccc(F)cc32)N1. The van der Waals surface area contributed by atoms with Crippen LogP contribution in [0.4, 0.5) is 9.18 Å². The second kappa shape index (κ2) is 3.42. The Bertz CT molecular complexity index is 562. The number of hydrogen-bond donors (Lipinski definition) is 3. The number of halogens is 1. The van der Waals surface area contributed by atoms with Crippen LogP contribution < -0.4 is 15.4 Å². The zero-order valence-corrected chi connectivity index (χ0v) is 9.07. The molecule has 7 heteroatoms. The summed E-state index contributed by atoms with van der Waals surface area (Å²) in [5, 5.41) is 14.1. The Hall–Kier alpha value is -2.15. The Morgan fingerprint density at radius 1 is 1.44 bits per heavy atom. The lowest BCUT2D eigenvalue weighted by molar-refractivity contribution is -0.130. The van der Waals surface area contributed by atoms with Gasteiger partial charge in [-0.2, -0.15) is 0 Å². The third-order valence-corrected chi connectivity index (χ3v) is 3.09. The van der Waals surface area contributed by atoms with Crippen LogP contribution in [0.2, 0.25) is 0 Å². The van der Waals surface area contributed by atoms with Crippen LogP contribution in [0, 0.1) is 5.82 Å². The maximum Gasteiger partial charge on any atom is 0.322 e. The Balaban J connectivity index is 2.20. The maximum absolute atomic E-state index is 13.3. The molecule has 0 aliphatic carbocycles. The van der Waals surface area contributed by atoms with Gasteiger partial charge in [-0.15, -0.1) is 0 Å². The van der Waals surface area contributed by atoms with Gasteiger partial charge in [0.15, 0.2) is 5.54 Å². The number of hydrogen-bond acceptors (Lipinski definition) is 4. The van der Waals surface area contributed by atoms with E-state index in [4.69, 9.17) is 4.74 Å². The number of imide groups is 1. The fraction of sp³-hybridized carbons (Fsp3) is 0.273. The highest BCUT2D eigenvalue weighted by Crippen LogP contribution is 2.40. The number of nitrogens with one attached hydrogen (secondary N) is 2. The van der Waals surface area contributed by atoms with Gasteiger partial charge in [-0.05, 0) is 18.2 Å². The third kappa shape index (κ3) is 1.37. The topological polar surface area (TPSA) is 87.7 Å². The molecule has 0 radical (unpaired) electrons. The Kier molecular flexibility index (Phi) is 2.09. The largest absolute Gasteiger partial charge is 0.465 e. The van der Waals surface area contributed by atoms with Crippen LogP contribution in [-0.2, 0) is 10.3 Å². The summed E-state index contributed by atoms with van der Waals surface area (Å²) in [4.78, 5) is 23.2. The molecule has 18 heavy (non-hydrogen) atoms. The summed E-state index contributed by atoms with van der Waals surface area (Å²) in [7, 11) is 0. The summed E-state index contributed by atoms with van der Waals surface area (Å²) < 4.78 is 18.4. The lowest BCUT2D eigenvalue weighted by Crippen LogP contribution is -2.50. The van der Waals surface area contributed by atoms with Crippen molar-refractivity contribution in [2.45, 2.75) is 18.2 Å². The summed E-state index contributed by atoms with van der Waals surface area (Å²) in [5.41, 5.74) is -1.26. The Morgan fingerprint density at radius 3 is 2.89 bits per heavy atom. The molecule has 3 N–H and O–H groups in total. The maximum atomic E-state index is 13.3. The van der Waals surface area contributed by atoms with Crippen LogP contribution in [0.1, 0.15) is 12.0 Å². The van der Waals surface area contributed by atoms with Gasteiger partial charge >= 0.3 is 6.03 Å². The Labute approximate surface area is 101 Å². The molecule has 0 bridgehead atoms. The van der Waals surface area contributed by atoms with Crippen LogP contribution in [0.5, 0.6) is 5.75 Å². The lowest BCUT2D eigenvalue weighted by atomic mass is 9.84. The highest BCUT2D eigenvalue weighted by Gasteiger charge is 2.53. The van der Waals surface area contributed by atoms with E-state index in [1.54, 1.807) is 0 Å². The number of benzene rings is 1. The van der Waals surface area contributed by atoms with Crippen molar-refractivity contribution in [3.8, 4) is 5.75 Å². The summed E-state index contributed by atoms with van der Waals surface area (Å²) in [6, 6.07) is 2.90. The molecule has 2 unspecified atom stereocenters. The average molecular weight is 252 g/mol. The number of rotatable bonds is 0. The average Bonchev–Trinajstić information content (AvgIpc) is 2.55. The molecule has 1 saturated heterocycles. The molecule has 2 aliphatic heterocycles. The minimum absolute atomic E-state index is 0.166. The predicted octanol–water partition coefficient (Wildman–Crippen LogP) is -0.0387. The van der Waals surface area contributed by atoms with Gasteiger partial charge in [-0.25, -0.2) is 9.18 Å². The van der Waals surface area contributed by atoms with Crippen LogP contribution in [0.25, 0.3) is 0 Å². The van der Waals surface area contributed by atoms with Crippen molar-refractivity contribution in [2.24, 2.45) is 0 Å². The number of amides is 3. The molecule has 3 rings (SSSR count). The first-order valence-electron chi connectivity index (χ1n) is 5.30. The van der Waals surface area contributed by atoms with Gasteiger partial charge in [0.1, 0.15) is 11.6 Å². The molecule has 2 heterocycles. The normalized spacial score (nSPS) is 29.6. The van der Waals surface area contributed by atoms with E-state index in [1.165, 1.54) is 6.07 Å². The van der Waals surface area contributed by atoms with E-state index < -0.39 is 29.6 Å². The van der Waals surface area contributed by atoms with Crippen LogP contribution in [-0.4, -0.2) is 23.3 Å². The van der Waals surface area contributed by atoms with E-state index in [0.29, 0.717) is 0 Å². The number of ether oxygens (including phenoxy) is 1. The Morgan fingerprint density at radius 2 is 2.22 bits per heavy atom. The monoisotopic (exact) mass is 252 g/mol. The smallest absolute Gasteiger partial charge is 0.322 e. The lowest BCUT2D eigenvalue weighted by Gasteiger charge is -2.35. The van der Waals surface area contributed by atoms with Gasteiger partial charge in [0, 0.05) is 12.0 Å². The minimum Gasteiger partial charge on any atom is -0.465 e. The molecule has 0 saturated carbocycles. The van der Waals surface area contributed by atoms with E-state index in [9.17, 15) is 19.1 Å². The summed E-state index contributed by atoms with van der Waals surface area (Å²) in [6.45, 7) is 0. The zero-order valence-electron chi connectivity index (χ0n) is 9.07. The van der Waals surface area contributed by atoms with E-state index in [0.717, 1.165) is 12.1 Å². The molecular weight excluding hydrogens is 243 g/mol. The standard InChI is InChI=1S/C11H9FN2O4/c12-5-1-2-7-6(3-5)11(4-8(15)18-7)9(16)13-10(17)14-11/h1-3,8,15H,4H2,(H2,13,14,16,17). The predicted molar refractivity (Wildman–Crippen MR) is 56.0 cm³/mol. The van der Waals surface area contributed by atoms with Crippen molar-refractivity contribution in [1.82, 2.24) is 10.6 Å². The fourth-order valence-electron chi connectivity index (χ4n) is 2.32. The minimum atomic E-state index is -1.47. The molecule has 1 spiro atoms. The molecule has 2 atom stereocenters. The molecule has 0 aromatic heterocycles. The molecule has 2 aliphatic rings.